The Kier molecular flexibility index (Phi) is 7.12. The molecule has 3 rings (SSSR count). The maximum atomic E-state index is 10.0. The Balaban J connectivity index is 2.13. The van der Waals surface area contributed by atoms with Crippen molar-refractivity contribution in [1.29, 1.82) is 0 Å². The van der Waals surface area contributed by atoms with Crippen molar-refractivity contribution in [2.45, 2.75) is 6.92 Å². The molecule has 0 aliphatic heterocycles. The number of aromatic nitrogens is 1. The first kappa shape index (κ1) is 21.9. The van der Waals surface area contributed by atoms with Gasteiger partial charge in [0.2, 0.25) is 4.80 Å². The van der Waals surface area contributed by atoms with E-state index in [1.54, 1.807) is 30.1 Å². The summed E-state index contributed by atoms with van der Waals surface area (Å²) in [5, 5.41) is 16.7. The van der Waals surface area contributed by atoms with E-state index in [1.807, 2.05) is 36.6 Å². The van der Waals surface area contributed by atoms with Gasteiger partial charge < -0.3 is 14.6 Å². The number of nitrogens with zero attached hydrogens (tertiary/aromatic N) is 3. The molecule has 0 bridgehead atoms. The number of benzene rings is 2. The first-order valence-corrected chi connectivity index (χ1v) is 10.7. The monoisotopic (exact) mass is 487 g/mol. The molecule has 156 valence electrons. The zero-order valence-corrected chi connectivity index (χ0v) is 19.3. The second-order valence-electron chi connectivity index (χ2n) is 6.49. The number of aromatic hydroxyl groups is 1. The molecule has 1 aromatic heterocycles. The average molecular weight is 488 g/mol. The van der Waals surface area contributed by atoms with Gasteiger partial charge in [0.05, 0.1) is 37.1 Å². The van der Waals surface area contributed by atoms with Crippen molar-refractivity contribution in [2.24, 2.45) is 10.1 Å². The number of halogens is 1. The van der Waals surface area contributed by atoms with E-state index in [9.17, 15) is 5.11 Å². The largest absolute Gasteiger partial charge is 0.503 e. The van der Waals surface area contributed by atoms with Crippen LogP contribution in [-0.4, -0.2) is 36.8 Å². The Hall–Kier alpha value is -2.84. The minimum Gasteiger partial charge on any atom is -0.503 e. The molecule has 0 aliphatic carbocycles. The quantitative estimate of drug-likeness (QED) is 0.374. The molecular formula is C22H22BrN3O3S. The molecule has 1 heterocycles. The second kappa shape index (κ2) is 9.77. The first-order valence-electron chi connectivity index (χ1n) is 9.04. The van der Waals surface area contributed by atoms with Gasteiger partial charge in [-0.2, -0.15) is 5.10 Å². The maximum Gasteiger partial charge on any atom is 0.206 e. The molecule has 6 nitrogen and oxygen atoms in total. The summed E-state index contributed by atoms with van der Waals surface area (Å²) in [6.45, 7) is 6.37. The third-order valence-electron chi connectivity index (χ3n) is 4.15. The van der Waals surface area contributed by atoms with Gasteiger partial charge in [-0.1, -0.05) is 24.3 Å². The molecule has 0 saturated carbocycles. The van der Waals surface area contributed by atoms with E-state index in [1.165, 1.54) is 18.4 Å². The second-order valence-corrected chi connectivity index (χ2v) is 8.18. The molecule has 3 aromatic rings. The molecule has 30 heavy (non-hydrogen) atoms. The van der Waals surface area contributed by atoms with Crippen LogP contribution in [0, 0.1) is 0 Å². The van der Waals surface area contributed by atoms with Crippen LogP contribution in [0.2, 0.25) is 0 Å². The number of hydrogen-bond donors (Lipinski definition) is 1. The van der Waals surface area contributed by atoms with Crippen molar-refractivity contribution in [2.75, 3.05) is 20.8 Å². The lowest BCUT2D eigenvalue weighted by Gasteiger charge is -2.09. The molecule has 0 unspecified atom stereocenters. The van der Waals surface area contributed by atoms with Gasteiger partial charge in [-0.05, 0) is 52.7 Å². The highest BCUT2D eigenvalue weighted by atomic mass is 79.9. The summed E-state index contributed by atoms with van der Waals surface area (Å²) < 4.78 is 13.1. The van der Waals surface area contributed by atoms with Crippen LogP contribution in [-0.2, 0) is 0 Å². The first-order chi connectivity index (χ1) is 14.4. The number of phenolic OH excluding ortho intramolecular Hbond substituents is 1. The van der Waals surface area contributed by atoms with Gasteiger partial charge in [0.25, 0.3) is 0 Å². The van der Waals surface area contributed by atoms with Gasteiger partial charge in [0.1, 0.15) is 5.75 Å². The van der Waals surface area contributed by atoms with E-state index in [0.717, 1.165) is 32.9 Å². The van der Waals surface area contributed by atoms with E-state index >= 15 is 0 Å². The van der Waals surface area contributed by atoms with Gasteiger partial charge in [-0.25, -0.2) is 4.68 Å². The summed E-state index contributed by atoms with van der Waals surface area (Å²) in [7, 11) is 3.15. The predicted molar refractivity (Wildman–Crippen MR) is 125 cm³/mol. The molecule has 1 N–H and O–H groups in total. The van der Waals surface area contributed by atoms with E-state index in [-0.39, 0.29) is 5.75 Å². The van der Waals surface area contributed by atoms with Crippen molar-refractivity contribution >= 4 is 33.5 Å². The highest BCUT2D eigenvalue weighted by Gasteiger charge is 2.12. The molecule has 0 aliphatic rings. The molecule has 0 saturated heterocycles. The fourth-order valence-electron chi connectivity index (χ4n) is 2.71. The summed E-state index contributed by atoms with van der Waals surface area (Å²) in [4.78, 5) is 5.37. The lowest BCUT2D eigenvalue weighted by atomic mass is 10.1. The average Bonchev–Trinajstić information content (AvgIpc) is 3.15. The number of phenols is 1. The topological polar surface area (TPSA) is 68.3 Å². The lowest BCUT2D eigenvalue weighted by molar-refractivity contribution is 0.372. The van der Waals surface area contributed by atoms with Crippen LogP contribution in [0.1, 0.15) is 12.5 Å². The number of thiazole rings is 1. The summed E-state index contributed by atoms with van der Waals surface area (Å²) in [6.07, 6.45) is 1.69. The van der Waals surface area contributed by atoms with Crippen molar-refractivity contribution in [3.63, 3.8) is 0 Å². The summed E-state index contributed by atoms with van der Waals surface area (Å²) in [5.74, 6) is 1.16. The number of rotatable bonds is 7. The molecule has 2 aromatic carbocycles. The van der Waals surface area contributed by atoms with Crippen molar-refractivity contribution in [1.82, 2.24) is 4.68 Å². The van der Waals surface area contributed by atoms with E-state index in [4.69, 9.17) is 9.47 Å². The fraction of sp³-hybridized carbons (Fsp3) is 0.182. The van der Waals surface area contributed by atoms with Crippen molar-refractivity contribution in [3.8, 4) is 28.5 Å². The minimum atomic E-state index is 0.0460. The molecule has 8 heteroatoms. The molecule has 0 fully saturated rings. The minimum absolute atomic E-state index is 0.0460. The Bertz CT molecular complexity index is 1160. The van der Waals surface area contributed by atoms with Crippen LogP contribution in [0.3, 0.4) is 0 Å². The van der Waals surface area contributed by atoms with Gasteiger partial charge in [0, 0.05) is 10.9 Å². The number of ether oxygens (including phenoxy) is 2. The molecule has 0 atom stereocenters. The van der Waals surface area contributed by atoms with Crippen LogP contribution in [0.25, 0.3) is 11.3 Å². The van der Waals surface area contributed by atoms with Gasteiger partial charge in [-0.3, -0.25) is 4.99 Å². The van der Waals surface area contributed by atoms with Crippen molar-refractivity contribution < 1.29 is 14.6 Å². The maximum absolute atomic E-state index is 10.0. The third kappa shape index (κ3) is 4.83. The lowest BCUT2D eigenvalue weighted by Crippen LogP contribution is -2.13. The standard InChI is InChI=1S/C22H22BrN3O3S/c1-14(2)11-24-22-26(18(13-30-22)16-7-5-6-8-19(16)28-3)25-12-15-9-17(23)21(27)20(10-15)29-4/h5-10,12-13,27H,1,11H2,2-4H3. The number of methoxy groups -OCH3 is 2. The summed E-state index contributed by atoms with van der Waals surface area (Å²) >= 11 is 4.83. The highest BCUT2D eigenvalue weighted by Crippen LogP contribution is 2.35. The summed E-state index contributed by atoms with van der Waals surface area (Å²) in [5.41, 5.74) is 3.49. The Labute approximate surface area is 187 Å². The fourth-order valence-corrected chi connectivity index (χ4v) is 4.00. The normalized spacial score (nSPS) is 11.8. The van der Waals surface area contributed by atoms with Gasteiger partial charge in [-0.15, -0.1) is 11.3 Å². The third-order valence-corrected chi connectivity index (χ3v) is 5.60. The zero-order valence-electron chi connectivity index (χ0n) is 16.9. The van der Waals surface area contributed by atoms with Crippen molar-refractivity contribution in [3.05, 3.63) is 68.8 Å². The van der Waals surface area contributed by atoms with Crippen LogP contribution < -0.4 is 14.3 Å². The Morgan fingerprint density at radius 2 is 1.97 bits per heavy atom. The number of hydrogen-bond acceptors (Lipinski definition) is 6. The van der Waals surface area contributed by atoms with Crippen LogP contribution in [0.15, 0.2) is 68.5 Å². The van der Waals surface area contributed by atoms with Gasteiger partial charge in [0.15, 0.2) is 11.5 Å². The molecule has 0 radical (unpaired) electrons. The molecular weight excluding hydrogens is 466 g/mol. The Morgan fingerprint density at radius 3 is 2.67 bits per heavy atom. The molecule has 0 amide bonds. The highest BCUT2D eigenvalue weighted by molar-refractivity contribution is 9.10. The molecule has 0 spiro atoms. The predicted octanol–water partition coefficient (Wildman–Crippen LogP) is 5.06. The SMILES string of the molecule is C=C(C)CN=c1scc(-c2ccccc2OC)n1N=Cc1cc(Br)c(O)c(OC)c1. The van der Waals surface area contributed by atoms with Crippen LogP contribution in [0.5, 0.6) is 17.2 Å². The van der Waals surface area contributed by atoms with E-state index in [2.05, 4.69) is 32.6 Å². The smallest absolute Gasteiger partial charge is 0.206 e. The van der Waals surface area contributed by atoms with Crippen LogP contribution in [0.4, 0.5) is 0 Å². The van der Waals surface area contributed by atoms with E-state index < -0.39 is 0 Å². The van der Waals surface area contributed by atoms with E-state index in [0.29, 0.717) is 16.8 Å². The van der Waals surface area contributed by atoms with Gasteiger partial charge >= 0.3 is 0 Å². The summed E-state index contributed by atoms with van der Waals surface area (Å²) in [6, 6.07) is 11.3. The number of para-hydroxylation sites is 1. The van der Waals surface area contributed by atoms with Crippen LogP contribution >= 0.6 is 27.3 Å². The Morgan fingerprint density at radius 1 is 1.23 bits per heavy atom. The zero-order chi connectivity index (χ0) is 21.7.